The van der Waals surface area contributed by atoms with Crippen molar-refractivity contribution in [1.82, 2.24) is 0 Å². The van der Waals surface area contributed by atoms with Crippen LogP contribution in [0.25, 0.3) is 0 Å². The van der Waals surface area contributed by atoms with Gasteiger partial charge in [-0.3, -0.25) is 9.52 Å². The molecular formula is C25H27BrN2O4S. The quantitative estimate of drug-likeness (QED) is 0.318. The van der Waals surface area contributed by atoms with E-state index in [-0.39, 0.29) is 10.8 Å². The van der Waals surface area contributed by atoms with E-state index >= 15 is 0 Å². The van der Waals surface area contributed by atoms with Gasteiger partial charge in [0.25, 0.3) is 15.9 Å². The first-order valence-corrected chi connectivity index (χ1v) is 12.9. The fourth-order valence-electron chi connectivity index (χ4n) is 3.18. The monoisotopic (exact) mass is 530 g/mol. The van der Waals surface area contributed by atoms with Crippen LogP contribution in [-0.2, 0) is 10.0 Å². The molecule has 3 rings (SSSR count). The lowest BCUT2D eigenvalue weighted by atomic mass is 10.1. The van der Waals surface area contributed by atoms with Crippen LogP contribution >= 0.6 is 15.9 Å². The Morgan fingerprint density at radius 2 is 1.73 bits per heavy atom. The normalized spacial score (nSPS) is 11.2. The largest absolute Gasteiger partial charge is 0.493 e. The van der Waals surface area contributed by atoms with E-state index in [2.05, 4.69) is 32.9 Å². The predicted molar refractivity (Wildman–Crippen MR) is 136 cm³/mol. The van der Waals surface area contributed by atoms with Crippen molar-refractivity contribution in [3.05, 3.63) is 81.8 Å². The topological polar surface area (TPSA) is 84.5 Å². The summed E-state index contributed by atoms with van der Waals surface area (Å²) in [6, 6.07) is 16.8. The lowest BCUT2D eigenvalue weighted by Gasteiger charge is -2.13. The molecule has 3 aromatic carbocycles. The van der Waals surface area contributed by atoms with Gasteiger partial charge in [-0.05, 0) is 74.4 Å². The Bertz CT molecular complexity index is 1240. The van der Waals surface area contributed by atoms with Gasteiger partial charge in [0, 0.05) is 10.2 Å². The zero-order chi connectivity index (χ0) is 24.0. The maximum atomic E-state index is 12.9. The second kappa shape index (κ2) is 10.9. The van der Waals surface area contributed by atoms with Gasteiger partial charge in [-0.25, -0.2) is 8.42 Å². The molecule has 6 nitrogen and oxygen atoms in total. The first-order valence-electron chi connectivity index (χ1n) is 10.6. The number of rotatable bonds is 9. The second-order valence-corrected chi connectivity index (χ2v) is 10.3. The predicted octanol–water partition coefficient (Wildman–Crippen LogP) is 6.30. The minimum Gasteiger partial charge on any atom is -0.493 e. The molecule has 0 fully saturated rings. The summed E-state index contributed by atoms with van der Waals surface area (Å²) in [5, 5.41) is 2.80. The summed E-state index contributed by atoms with van der Waals surface area (Å²) in [5.41, 5.74) is 3.30. The van der Waals surface area contributed by atoms with Crippen LogP contribution in [0.1, 0.15) is 41.3 Å². The van der Waals surface area contributed by atoms with Gasteiger partial charge in [-0.1, -0.05) is 47.0 Å². The minimum absolute atomic E-state index is 0.103. The Kier molecular flexibility index (Phi) is 8.15. The number of amides is 1. The molecule has 0 aromatic heterocycles. The van der Waals surface area contributed by atoms with Gasteiger partial charge >= 0.3 is 0 Å². The maximum absolute atomic E-state index is 12.9. The lowest BCUT2D eigenvalue weighted by Crippen LogP contribution is -2.15. The van der Waals surface area contributed by atoms with Crippen LogP contribution in [0.2, 0.25) is 0 Å². The van der Waals surface area contributed by atoms with Gasteiger partial charge in [-0.2, -0.15) is 0 Å². The van der Waals surface area contributed by atoms with Crippen LogP contribution in [0.15, 0.2) is 70.0 Å². The molecule has 3 aromatic rings. The number of anilines is 2. The summed E-state index contributed by atoms with van der Waals surface area (Å²) < 4.78 is 34.7. The Morgan fingerprint density at radius 3 is 2.39 bits per heavy atom. The van der Waals surface area contributed by atoms with Crippen LogP contribution in [-0.4, -0.2) is 20.9 Å². The molecule has 0 aliphatic carbocycles. The average Bonchev–Trinajstić information content (AvgIpc) is 2.77. The Hall–Kier alpha value is -2.84. The first kappa shape index (κ1) is 24.8. The summed E-state index contributed by atoms with van der Waals surface area (Å²) in [4.78, 5) is 13.0. The van der Waals surface area contributed by atoms with Crippen molar-refractivity contribution in [1.29, 1.82) is 0 Å². The molecule has 0 spiro atoms. The summed E-state index contributed by atoms with van der Waals surface area (Å²) in [5.74, 6) is 0.160. The van der Waals surface area contributed by atoms with Gasteiger partial charge in [0.2, 0.25) is 0 Å². The van der Waals surface area contributed by atoms with Crippen molar-refractivity contribution in [2.45, 2.75) is 38.5 Å². The van der Waals surface area contributed by atoms with E-state index in [1.807, 2.05) is 32.0 Å². The van der Waals surface area contributed by atoms with Gasteiger partial charge in [0.05, 0.1) is 22.8 Å². The van der Waals surface area contributed by atoms with Crippen molar-refractivity contribution in [3.63, 3.8) is 0 Å². The van der Waals surface area contributed by atoms with E-state index in [0.717, 1.165) is 28.4 Å². The standard InChI is InChI=1S/C25H27BrN2O4S/c1-4-5-14-32-24-13-7-19(26)16-22(24)25(29)27-20-8-10-21(11-9-20)33(30,31)28-23-12-6-17(2)15-18(23)3/h6-13,15-16,28H,4-5,14H2,1-3H3,(H,27,29). The van der Waals surface area contributed by atoms with E-state index in [0.29, 0.717) is 29.3 Å². The van der Waals surface area contributed by atoms with Crippen LogP contribution in [0.3, 0.4) is 0 Å². The first-order chi connectivity index (χ1) is 15.7. The molecule has 0 heterocycles. The van der Waals surface area contributed by atoms with Gasteiger partial charge < -0.3 is 10.1 Å². The molecule has 0 saturated heterocycles. The smallest absolute Gasteiger partial charge is 0.261 e. The molecule has 0 atom stereocenters. The summed E-state index contributed by atoms with van der Waals surface area (Å²) in [7, 11) is -3.76. The average molecular weight is 531 g/mol. The Morgan fingerprint density at radius 1 is 1.00 bits per heavy atom. The second-order valence-electron chi connectivity index (χ2n) is 7.74. The molecular weight excluding hydrogens is 504 g/mol. The molecule has 0 aliphatic rings. The number of hydrogen-bond acceptors (Lipinski definition) is 4. The Labute approximate surface area is 203 Å². The highest BCUT2D eigenvalue weighted by atomic mass is 79.9. The van der Waals surface area contributed by atoms with Crippen molar-refractivity contribution in [3.8, 4) is 5.75 Å². The van der Waals surface area contributed by atoms with Crippen LogP contribution in [0.5, 0.6) is 5.75 Å². The van der Waals surface area contributed by atoms with E-state index in [9.17, 15) is 13.2 Å². The highest BCUT2D eigenvalue weighted by Crippen LogP contribution is 2.26. The van der Waals surface area contributed by atoms with Crippen molar-refractivity contribution >= 4 is 43.2 Å². The molecule has 0 bridgehead atoms. The summed E-state index contributed by atoms with van der Waals surface area (Å²) in [6.45, 7) is 6.40. The summed E-state index contributed by atoms with van der Waals surface area (Å²) in [6.07, 6.45) is 1.88. The van der Waals surface area contributed by atoms with Gasteiger partial charge in [0.15, 0.2) is 0 Å². The highest BCUT2D eigenvalue weighted by molar-refractivity contribution is 9.10. The Balaban J connectivity index is 1.74. The van der Waals surface area contributed by atoms with Crippen LogP contribution in [0.4, 0.5) is 11.4 Å². The van der Waals surface area contributed by atoms with Crippen LogP contribution < -0.4 is 14.8 Å². The molecule has 0 unspecified atom stereocenters. The molecule has 33 heavy (non-hydrogen) atoms. The SMILES string of the molecule is CCCCOc1ccc(Br)cc1C(=O)Nc1ccc(S(=O)(=O)Nc2ccc(C)cc2C)cc1. The molecule has 1 amide bonds. The number of nitrogens with one attached hydrogen (secondary N) is 2. The number of benzene rings is 3. The van der Waals surface area contributed by atoms with E-state index in [1.165, 1.54) is 12.1 Å². The highest BCUT2D eigenvalue weighted by Gasteiger charge is 2.17. The lowest BCUT2D eigenvalue weighted by molar-refractivity contribution is 0.102. The number of carbonyl (C=O) groups excluding carboxylic acids is 1. The van der Waals surface area contributed by atoms with Crippen LogP contribution in [0, 0.1) is 13.8 Å². The van der Waals surface area contributed by atoms with Crippen molar-refractivity contribution in [2.24, 2.45) is 0 Å². The molecule has 2 N–H and O–H groups in total. The number of unbranched alkanes of at least 4 members (excludes halogenated alkanes) is 1. The zero-order valence-corrected chi connectivity index (χ0v) is 21.2. The number of ether oxygens (including phenoxy) is 1. The molecule has 0 radical (unpaired) electrons. The van der Waals surface area contributed by atoms with E-state index in [1.54, 1.807) is 30.3 Å². The number of sulfonamides is 1. The fraction of sp³-hybridized carbons (Fsp3) is 0.240. The van der Waals surface area contributed by atoms with E-state index < -0.39 is 10.0 Å². The third kappa shape index (κ3) is 6.58. The molecule has 0 aliphatic heterocycles. The third-order valence-electron chi connectivity index (χ3n) is 4.99. The van der Waals surface area contributed by atoms with Crippen molar-refractivity contribution < 1.29 is 17.9 Å². The molecule has 174 valence electrons. The number of hydrogen-bond donors (Lipinski definition) is 2. The van der Waals surface area contributed by atoms with Gasteiger partial charge in [0.1, 0.15) is 5.75 Å². The number of halogens is 1. The van der Waals surface area contributed by atoms with Crippen molar-refractivity contribution in [2.75, 3.05) is 16.6 Å². The third-order valence-corrected chi connectivity index (χ3v) is 6.87. The van der Waals surface area contributed by atoms with Gasteiger partial charge in [-0.15, -0.1) is 0 Å². The molecule has 8 heteroatoms. The number of carbonyl (C=O) groups is 1. The van der Waals surface area contributed by atoms with E-state index in [4.69, 9.17) is 4.74 Å². The minimum atomic E-state index is -3.76. The molecule has 0 saturated carbocycles. The summed E-state index contributed by atoms with van der Waals surface area (Å²) >= 11 is 3.39. The maximum Gasteiger partial charge on any atom is 0.261 e. The fourth-order valence-corrected chi connectivity index (χ4v) is 4.67. The number of aryl methyl sites for hydroxylation is 2. The zero-order valence-electron chi connectivity index (χ0n) is 18.8.